The average molecular weight is 602 g/mol. The van der Waals surface area contributed by atoms with E-state index in [1.165, 1.54) is 29.0 Å². The number of hydrogen-bond acceptors (Lipinski definition) is 6. The molecule has 0 saturated carbocycles. The van der Waals surface area contributed by atoms with E-state index >= 15 is 0 Å². The number of rotatable bonds is 5. The smallest absolute Gasteiger partial charge is 0.258 e. The van der Waals surface area contributed by atoms with Gasteiger partial charge in [-0.05, 0) is 50.3 Å². The van der Waals surface area contributed by atoms with Crippen molar-refractivity contribution in [3.8, 4) is 5.75 Å². The summed E-state index contributed by atoms with van der Waals surface area (Å²) in [6.45, 7) is 3.70. The van der Waals surface area contributed by atoms with Gasteiger partial charge in [-0.1, -0.05) is 13.3 Å². The molecule has 3 aliphatic rings. The fourth-order valence-electron chi connectivity index (χ4n) is 6.05. The summed E-state index contributed by atoms with van der Waals surface area (Å²) in [5.41, 5.74) is -0.0439. The van der Waals surface area contributed by atoms with Gasteiger partial charge in [0.2, 0.25) is 23.6 Å². The predicted molar refractivity (Wildman–Crippen MR) is 157 cm³/mol. The van der Waals surface area contributed by atoms with Crippen LogP contribution < -0.4 is 10.1 Å². The van der Waals surface area contributed by atoms with Crippen molar-refractivity contribution >= 4 is 29.5 Å². The second-order valence-electron chi connectivity index (χ2n) is 11.8. The number of nitrogens with zero attached hydrogens (tertiary/aromatic N) is 4. The molecule has 1 aromatic carbocycles. The second kappa shape index (κ2) is 14.7. The standard InChI is InChI=1S/C31H44FN5O6/c1-4-5-8-27(38)33-22-18-23-20-43-26-11-9-21(32)17-24(26)30(41)35(3)25(31(42)36-14-6-7-15-36)10-12-28(39)34(2)16-13-29(40)37(23)19-22/h9,11,17,22-23,25H,4-8,10,12-16,18-20H2,1-3H3,(H,33,38)/t22-,23+,25+/m1/s1. The van der Waals surface area contributed by atoms with E-state index in [2.05, 4.69) is 5.32 Å². The van der Waals surface area contributed by atoms with Crippen LogP contribution in [0.1, 0.15) is 75.1 Å². The first-order valence-electron chi connectivity index (χ1n) is 15.4. The molecular formula is C31H44FN5O6. The van der Waals surface area contributed by atoms with Gasteiger partial charge in [0.05, 0.1) is 11.6 Å². The van der Waals surface area contributed by atoms with E-state index in [0.717, 1.165) is 31.7 Å². The van der Waals surface area contributed by atoms with E-state index < -0.39 is 23.8 Å². The number of likely N-dealkylation sites (N-methyl/N-ethyl adjacent to an activating group) is 1. The van der Waals surface area contributed by atoms with Crippen LogP contribution in [0.4, 0.5) is 4.39 Å². The number of carbonyl (C=O) groups is 5. The highest BCUT2D eigenvalue weighted by atomic mass is 19.1. The molecule has 3 heterocycles. The molecule has 5 amide bonds. The van der Waals surface area contributed by atoms with Gasteiger partial charge in [-0.15, -0.1) is 0 Å². The molecule has 236 valence electrons. The Morgan fingerprint density at radius 3 is 2.51 bits per heavy atom. The number of hydrogen-bond donors (Lipinski definition) is 1. The Morgan fingerprint density at radius 1 is 1.05 bits per heavy atom. The maximum atomic E-state index is 14.5. The van der Waals surface area contributed by atoms with Crippen molar-refractivity contribution in [2.75, 3.05) is 46.9 Å². The Bertz CT molecular complexity index is 1210. The van der Waals surface area contributed by atoms with Crippen LogP contribution in [0.3, 0.4) is 0 Å². The van der Waals surface area contributed by atoms with Gasteiger partial charge in [0, 0.05) is 65.6 Å². The lowest BCUT2D eigenvalue weighted by atomic mass is 10.1. The summed E-state index contributed by atoms with van der Waals surface area (Å²) in [4.78, 5) is 72.3. The van der Waals surface area contributed by atoms with E-state index in [1.54, 1.807) is 16.8 Å². The van der Waals surface area contributed by atoms with Crippen LogP contribution in [0.2, 0.25) is 0 Å². The van der Waals surface area contributed by atoms with Gasteiger partial charge in [0.25, 0.3) is 5.91 Å². The van der Waals surface area contributed by atoms with Crippen molar-refractivity contribution in [3.05, 3.63) is 29.6 Å². The molecule has 0 aromatic heterocycles. The molecule has 12 heteroatoms. The van der Waals surface area contributed by atoms with Crippen LogP contribution in [0.15, 0.2) is 18.2 Å². The third-order valence-electron chi connectivity index (χ3n) is 8.67. The van der Waals surface area contributed by atoms with Gasteiger partial charge in [0.15, 0.2) is 0 Å². The first-order chi connectivity index (χ1) is 20.6. The zero-order valence-corrected chi connectivity index (χ0v) is 25.5. The molecule has 0 radical (unpaired) electrons. The first kappa shape index (κ1) is 32.2. The molecule has 4 rings (SSSR count). The summed E-state index contributed by atoms with van der Waals surface area (Å²) >= 11 is 0. The molecule has 2 saturated heterocycles. The fourth-order valence-corrected chi connectivity index (χ4v) is 6.05. The third-order valence-corrected chi connectivity index (χ3v) is 8.67. The highest BCUT2D eigenvalue weighted by Gasteiger charge is 2.38. The summed E-state index contributed by atoms with van der Waals surface area (Å²) < 4.78 is 20.5. The molecule has 3 atom stereocenters. The quantitative estimate of drug-likeness (QED) is 0.553. The topological polar surface area (TPSA) is 120 Å². The molecule has 0 unspecified atom stereocenters. The molecule has 1 aromatic rings. The minimum atomic E-state index is -0.920. The average Bonchev–Trinajstić information content (AvgIpc) is 3.67. The summed E-state index contributed by atoms with van der Waals surface area (Å²) in [6.07, 6.45) is 4.45. The first-order valence-corrected chi connectivity index (χ1v) is 15.4. The molecule has 1 N–H and O–H groups in total. The van der Waals surface area contributed by atoms with E-state index in [-0.39, 0.29) is 73.4 Å². The molecule has 0 bridgehead atoms. The molecule has 2 fully saturated rings. The summed E-state index contributed by atoms with van der Waals surface area (Å²) in [6, 6.07) is 2.06. The van der Waals surface area contributed by atoms with Crippen molar-refractivity contribution in [1.82, 2.24) is 24.9 Å². The number of unbranched alkanes of at least 4 members (excludes halogenated alkanes) is 1. The number of likely N-dealkylation sites (tertiary alicyclic amines) is 1. The lowest BCUT2D eigenvalue weighted by Crippen LogP contribution is -2.49. The van der Waals surface area contributed by atoms with Gasteiger partial charge in [0.1, 0.15) is 24.2 Å². The van der Waals surface area contributed by atoms with E-state index in [1.807, 2.05) is 6.92 Å². The lowest BCUT2D eigenvalue weighted by molar-refractivity contribution is -0.136. The number of ether oxygens (including phenoxy) is 1. The van der Waals surface area contributed by atoms with Gasteiger partial charge in [-0.25, -0.2) is 4.39 Å². The monoisotopic (exact) mass is 601 g/mol. The molecular weight excluding hydrogens is 557 g/mol. The Labute approximate surface area is 252 Å². The SMILES string of the molecule is CCCCC(=O)N[C@@H]1C[C@H]2COc3ccc(F)cc3C(=O)N(C)[C@H](C(=O)N3CCCC3)CCC(=O)N(C)CCC(=O)N2C1. The predicted octanol–water partition coefficient (Wildman–Crippen LogP) is 2.19. The summed E-state index contributed by atoms with van der Waals surface area (Å²) in [7, 11) is 3.11. The van der Waals surface area contributed by atoms with Crippen molar-refractivity contribution in [2.45, 2.75) is 82.8 Å². The molecule has 11 nitrogen and oxygen atoms in total. The van der Waals surface area contributed by atoms with Gasteiger partial charge >= 0.3 is 0 Å². The summed E-state index contributed by atoms with van der Waals surface area (Å²) in [5, 5.41) is 3.02. The normalized spacial score (nSPS) is 24.1. The molecule has 0 spiro atoms. The maximum absolute atomic E-state index is 14.5. The second-order valence-corrected chi connectivity index (χ2v) is 11.8. The van der Waals surface area contributed by atoms with E-state index in [9.17, 15) is 28.4 Å². The maximum Gasteiger partial charge on any atom is 0.258 e. The van der Waals surface area contributed by atoms with Crippen molar-refractivity contribution < 1.29 is 33.1 Å². The Hall–Kier alpha value is -3.70. The minimum Gasteiger partial charge on any atom is -0.491 e. The van der Waals surface area contributed by atoms with Crippen LogP contribution in [-0.2, 0) is 19.2 Å². The van der Waals surface area contributed by atoms with Gasteiger partial charge in [-0.2, -0.15) is 0 Å². The van der Waals surface area contributed by atoms with Crippen molar-refractivity contribution in [3.63, 3.8) is 0 Å². The van der Waals surface area contributed by atoms with Crippen LogP contribution in [-0.4, -0.2) is 114 Å². The zero-order valence-electron chi connectivity index (χ0n) is 25.5. The van der Waals surface area contributed by atoms with E-state index in [4.69, 9.17) is 4.74 Å². The summed E-state index contributed by atoms with van der Waals surface area (Å²) in [5.74, 6) is -1.83. The Balaban J connectivity index is 1.62. The molecule has 3 aliphatic heterocycles. The number of amides is 5. The van der Waals surface area contributed by atoms with Gasteiger partial charge < -0.3 is 29.7 Å². The van der Waals surface area contributed by atoms with Gasteiger partial charge in [-0.3, -0.25) is 24.0 Å². The fraction of sp³-hybridized carbons (Fsp3) is 0.645. The molecule has 0 aliphatic carbocycles. The minimum absolute atomic E-state index is 0.00271. The van der Waals surface area contributed by atoms with Crippen LogP contribution in [0.25, 0.3) is 0 Å². The van der Waals surface area contributed by atoms with Crippen molar-refractivity contribution in [2.24, 2.45) is 0 Å². The molecule has 43 heavy (non-hydrogen) atoms. The number of carbonyl (C=O) groups excluding carboxylic acids is 5. The Morgan fingerprint density at radius 2 is 1.79 bits per heavy atom. The largest absolute Gasteiger partial charge is 0.491 e. The van der Waals surface area contributed by atoms with Crippen LogP contribution in [0, 0.1) is 5.82 Å². The Kier molecular flexibility index (Phi) is 11.0. The van der Waals surface area contributed by atoms with Crippen LogP contribution >= 0.6 is 0 Å². The zero-order chi connectivity index (χ0) is 31.1. The number of fused-ring (bicyclic) bond motifs is 2. The lowest BCUT2D eigenvalue weighted by Gasteiger charge is -2.32. The highest BCUT2D eigenvalue weighted by molar-refractivity contribution is 5.99. The van der Waals surface area contributed by atoms with Crippen LogP contribution in [0.5, 0.6) is 5.75 Å². The van der Waals surface area contributed by atoms with Crippen molar-refractivity contribution in [1.29, 1.82) is 0 Å². The highest BCUT2D eigenvalue weighted by Crippen LogP contribution is 2.27. The number of halogens is 1. The van der Waals surface area contributed by atoms with E-state index in [0.29, 0.717) is 32.5 Å². The number of benzene rings is 1. The third kappa shape index (κ3) is 8.03. The number of nitrogens with one attached hydrogen (secondary N) is 1.